The molecule has 10 heteroatoms. The largest absolute Gasteiger partial charge is 0.465 e. The smallest absolute Gasteiger partial charge is 0.349 e. The Hall–Kier alpha value is -2.72. The zero-order valence-electron chi connectivity index (χ0n) is 13.1. The van der Waals surface area contributed by atoms with Crippen molar-refractivity contribution in [2.45, 2.75) is 11.4 Å². The number of esters is 1. The number of aromatic nitrogens is 3. The van der Waals surface area contributed by atoms with E-state index in [9.17, 15) is 13.2 Å². The highest BCUT2D eigenvalue weighted by Crippen LogP contribution is 2.25. The Bertz CT molecular complexity index is 963. The third-order valence-corrected chi connectivity index (χ3v) is 5.75. The lowest BCUT2D eigenvalue weighted by atomic mass is 10.2. The van der Waals surface area contributed by atoms with Gasteiger partial charge >= 0.3 is 5.97 Å². The monoisotopic (exact) mass is 378 g/mol. The van der Waals surface area contributed by atoms with E-state index in [0.29, 0.717) is 12.2 Å². The van der Waals surface area contributed by atoms with Crippen molar-refractivity contribution in [2.75, 3.05) is 11.8 Å². The van der Waals surface area contributed by atoms with Crippen molar-refractivity contribution < 1.29 is 17.9 Å². The van der Waals surface area contributed by atoms with Gasteiger partial charge in [-0.25, -0.2) is 22.9 Å². The number of carbonyl (C=O) groups excluding carboxylic acids is 1. The van der Waals surface area contributed by atoms with Crippen LogP contribution in [0.15, 0.2) is 53.3 Å². The quantitative estimate of drug-likeness (QED) is 0.658. The van der Waals surface area contributed by atoms with Crippen LogP contribution in [0.3, 0.4) is 0 Å². The third kappa shape index (κ3) is 3.86. The molecule has 0 fully saturated rings. The molecule has 0 aliphatic heterocycles. The molecule has 2 aromatic heterocycles. The first kappa shape index (κ1) is 17.1. The van der Waals surface area contributed by atoms with Crippen molar-refractivity contribution in [3.8, 4) is 0 Å². The Balaban J connectivity index is 1.77. The number of thiophene rings is 1. The fourth-order valence-corrected chi connectivity index (χ4v) is 4.53. The number of hydrogen-bond donors (Lipinski definition) is 1. The highest BCUT2D eigenvalue weighted by molar-refractivity contribution is 7.93. The summed E-state index contributed by atoms with van der Waals surface area (Å²) in [5.74, 6) is -0.682. The van der Waals surface area contributed by atoms with Gasteiger partial charge in [-0.1, -0.05) is 12.1 Å². The van der Waals surface area contributed by atoms with E-state index in [2.05, 4.69) is 19.5 Å². The molecule has 25 heavy (non-hydrogen) atoms. The van der Waals surface area contributed by atoms with E-state index in [1.54, 1.807) is 35.3 Å². The van der Waals surface area contributed by atoms with Crippen molar-refractivity contribution in [2.24, 2.45) is 0 Å². The standard InChI is InChI=1S/C15H14N4O4S2/c1-23-15(20)14-13(6-7-24-14)25(21,22)18-12-4-2-11(3-5-12)8-19-10-16-9-17-19/h2-7,9-10,18H,8H2,1H3. The summed E-state index contributed by atoms with van der Waals surface area (Å²) in [6.07, 6.45) is 3.05. The number of ether oxygens (including phenoxy) is 1. The summed E-state index contributed by atoms with van der Waals surface area (Å²) < 4.78 is 33.8. The van der Waals surface area contributed by atoms with Crippen LogP contribution in [0, 0.1) is 0 Å². The molecule has 8 nitrogen and oxygen atoms in total. The van der Waals surface area contributed by atoms with Crippen molar-refractivity contribution in [3.05, 3.63) is 58.8 Å². The fourth-order valence-electron chi connectivity index (χ4n) is 2.14. The summed E-state index contributed by atoms with van der Waals surface area (Å²) >= 11 is 1.01. The number of anilines is 1. The molecule has 0 amide bonds. The average molecular weight is 378 g/mol. The molecule has 0 atom stereocenters. The van der Waals surface area contributed by atoms with E-state index >= 15 is 0 Å². The maximum atomic E-state index is 12.5. The van der Waals surface area contributed by atoms with Crippen molar-refractivity contribution >= 4 is 33.0 Å². The van der Waals surface area contributed by atoms with E-state index in [4.69, 9.17) is 0 Å². The second kappa shape index (κ2) is 7.03. The van der Waals surface area contributed by atoms with Crippen molar-refractivity contribution in [1.29, 1.82) is 0 Å². The van der Waals surface area contributed by atoms with Gasteiger partial charge in [0.15, 0.2) is 0 Å². The van der Waals surface area contributed by atoms with Crippen molar-refractivity contribution in [1.82, 2.24) is 14.8 Å². The number of nitrogens with one attached hydrogen (secondary N) is 1. The molecule has 0 bridgehead atoms. The Morgan fingerprint density at radius 2 is 2.04 bits per heavy atom. The summed E-state index contributed by atoms with van der Waals surface area (Å²) in [6, 6.07) is 8.24. The molecule has 0 unspecified atom stereocenters. The first-order chi connectivity index (χ1) is 12.0. The first-order valence-corrected chi connectivity index (χ1v) is 9.46. The van der Waals surface area contributed by atoms with Gasteiger partial charge in [0.2, 0.25) is 0 Å². The predicted molar refractivity (Wildman–Crippen MR) is 92.0 cm³/mol. The number of benzene rings is 1. The van der Waals surface area contributed by atoms with Crippen LogP contribution in [0.4, 0.5) is 5.69 Å². The van der Waals surface area contributed by atoms with Crippen molar-refractivity contribution in [3.63, 3.8) is 0 Å². The first-order valence-electron chi connectivity index (χ1n) is 7.09. The van der Waals surface area contributed by atoms with Gasteiger partial charge in [-0.15, -0.1) is 11.3 Å². The molecule has 0 radical (unpaired) electrons. The minimum atomic E-state index is -3.89. The lowest BCUT2D eigenvalue weighted by Crippen LogP contribution is -2.15. The summed E-state index contributed by atoms with van der Waals surface area (Å²) in [5.41, 5.74) is 1.34. The van der Waals surface area contributed by atoms with Crippen LogP contribution in [0.2, 0.25) is 0 Å². The second-order valence-corrected chi connectivity index (χ2v) is 7.57. The Labute approximate surface area is 148 Å². The fraction of sp³-hybridized carbons (Fsp3) is 0.133. The molecule has 2 heterocycles. The van der Waals surface area contributed by atoms with Gasteiger partial charge in [-0.2, -0.15) is 5.10 Å². The summed E-state index contributed by atoms with van der Waals surface area (Å²) in [6.45, 7) is 0.532. The molecule has 3 aromatic rings. The average Bonchev–Trinajstić information content (AvgIpc) is 3.27. The molecular formula is C15H14N4O4S2. The van der Waals surface area contributed by atoms with E-state index in [0.717, 1.165) is 16.9 Å². The van der Waals surface area contributed by atoms with Crippen LogP contribution >= 0.6 is 11.3 Å². The number of carbonyl (C=O) groups is 1. The number of rotatable bonds is 6. The molecule has 0 saturated heterocycles. The summed E-state index contributed by atoms with van der Waals surface area (Å²) in [5, 5.41) is 5.54. The SMILES string of the molecule is COC(=O)c1sccc1S(=O)(=O)Nc1ccc(Cn2cncn2)cc1. The minimum absolute atomic E-state index is 0.0396. The molecule has 0 spiro atoms. The maximum absolute atomic E-state index is 12.5. The predicted octanol–water partition coefficient (Wildman–Crippen LogP) is 1.98. The molecule has 3 rings (SSSR count). The van der Waals surface area contributed by atoms with E-state index in [1.807, 2.05) is 0 Å². The number of nitrogens with zero attached hydrogens (tertiary/aromatic N) is 3. The number of sulfonamides is 1. The molecule has 130 valence electrons. The van der Waals surface area contributed by atoms with Crippen LogP contribution in [-0.2, 0) is 21.3 Å². The summed E-state index contributed by atoms with van der Waals surface area (Å²) in [7, 11) is -2.68. The highest BCUT2D eigenvalue weighted by atomic mass is 32.2. The lowest BCUT2D eigenvalue weighted by molar-refractivity contribution is 0.0602. The normalized spacial score (nSPS) is 11.2. The molecule has 0 aliphatic rings. The Morgan fingerprint density at radius 3 is 2.68 bits per heavy atom. The number of methoxy groups -OCH3 is 1. The molecule has 1 aromatic carbocycles. The van der Waals surface area contributed by atoms with Gasteiger partial charge in [0.05, 0.1) is 13.7 Å². The molecule has 0 aliphatic carbocycles. The Morgan fingerprint density at radius 1 is 1.28 bits per heavy atom. The zero-order valence-corrected chi connectivity index (χ0v) is 14.8. The van der Waals surface area contributed by atoms with Gasteiger partial charge in [0.1, 0.15) is 22.4 Å². The number of hydrogen-bond acceptors (Lipinski definition) is 7. The van der Waals surface area contributed by atoms with Crippen LogP contribution in [0.25, 0.3) is 0 Å². The minimum Gasteiger partial charge on any atom is -0.465 e. The molecule has 1 N–H and O–H groups in total. The van der Waals surface area contributed by atoms with E-state index in [-0.39, 0.29) is 9.77 Å². The zero-order chi connectivity index (χ0) is 17.9. The van der Waals surface area contributed by atoms with Gasteiger partial charge in [0.25, 0.3) is 10.0 Å². The molecule has 0 saturated carbocycles. The van der Waals surface area contributed by atoms with Crippen LogP contribution < -0.4 is 4.72 Å². The van der Waals surface area contributed by atoms with E-state index < -0.39 is 16.0 Å². The van der Waals surface area contributed by atoms with Gasteiger partial charge < -0.3 is 4.74 Å². The van der Waals surface area contributed by atoms with Gasteiger partial charge in [0, 0.05) is 5.69 Å². The van der Waals surface area contributed by atoms with Crippen LogP contribution in [0.1, 0.15) is 15.2 Å². The van der Waals surface area contributed by atoms with Gasteiger partial charge in [-0.05, 0) is 29.1 Å². The highest BCUT2D eigenvalue weighted by Gasteiger charge is 2.24. The van der Waals surface area contributed by atoms with Crippen LogP contribution in [0.5, 0.6) is 0 Å². The topological polar surface area (TPSA) is 103 Å². The summed E-state index contributed by atoms with van der Waals surface area (Å²) in [4.78, 5) is 15.5. The lowest BCUT2D eigenvalue weighted by Gasteiger charge is -2.09. The Kier molecular flexibility index (Phi) is 4.81. The second-order valence-electron chi connectivity index (χ2n) is 5.00. The van der Waals surface area contributed by atoms with Crippen LogP contribution in [-0.4, -0.2) is 36.3 Å². The maximum Gasteiger partial charge on any atom is 0.349 e. The third-order valence-electron chi connectivity index (χ3n) is 3.31. The van der Waals surface area contributed by atoms with Gasteiger partial charge in [-0.3, -0.25) is 4.72 Å². The van der Waals surface area contributed by atoms with E-state index in [1.165, 1.54) is 24.9 Å². The molecular weight excluding hydrogens is 364 g/mol.